The zero-order valence-electron chi connectivity index (χ0n) is 8.31. The van der Waals surface area contributed by atoms with Gasteiger partial charge >= 0.3 is 106 Å². The van der Waals surface area contributed by atoms with Gasteiger partial charge in [-0.3, -0.25) is 0 Å². The first-order valence-corrected chi connectivity index (χ1v) is 9.99. The zero-order chi connectivity index (χ0) is 11.7. The Bertz CT molecular complexity index is 472. The van der Waals surface area contributed by atoms with Gasteiger partial charge in [-0.05, 0) is 0 Å². The summed E-state index contributed by atoms with van der Waals surface area (Å²) < 4.78 is 7.34. The number of nitrogens with one attached hydrogen (secondary N) is 1. The van der Waals surface area contributed by atoms with E-state index in [1.165, 1.54) is 0 Å². The second-order valence-electron chi connectivity index (χ2n) is 3.28. The Balaban J connectivity index is 2.48. The first kappa shape index (κ1) is 12.0. The number of amides is 1. The molecule has 0 aliphatic carbocycles. The molecule has 1 heterocycles. The maximum absolute atomic E-state index is 11.4. The molecule has 0 bridgehead atoms. The Hall–Kier alpha value is -0.437. The molecule has 0 saturated carbocycles. The fourth-order valence-electron chi connectivity index (χ4n) is 1.41. The predicted octanol–water partition coefficient (Wildman–Crippen LogP) is 2.48. The zero-order valence-corrected chi connectivity index (χ0v) is 11.6. The van der Waals surface area contributed by atoms with Crippen molar-refractivity contribution >= 4 is 35.6 Å². The van der Waals surface area contributed by atoms with Crippen LogP contribution in [-0.4, -0.2) is 16.6 Å². The second-order valence-corrected chi connectivity index (χ2v) is 9.00. The molecular weight excluding hydrogens is 338 g/mol. The summed E-state index contributed by atoms with van der Waals surface area (Å²) in [6.07, 6.45) is -0.492. The van der Waals surface area contributed by atoms with Gasteiger partial charge in [-0.25, -0.2) is 0 Å². The van der Waals surface area contributed by atoms with Gasteiger partial charge < -0.3 is 0 Å². The summed E-state index contributed by atoms with van der Waals surface area (Å²) >= 11 is -1.90. The molecular formula is C10H9Cl2NO2Ru. The van der Waals surface area contributed by atoms with Crippen molar-refractivity contribution in [3.63, 3.8) is 0 Å². The number of ether oxygens (including phenoxy) is 1. The molecule has 1 aliphatic rings. The van der Waals surface area contributed by atoms with E-state index in [2.05, 4.69) is 5.32 Å². The van der Waals surface area contributed by atoms with E-state index in [9.17, 15) is 4.79 Å². The van der Waals surface area contributed by atoms with E-state index in [4.69, 9.17) is 24.1 Å². The van der Waals surface area contributed by atoms with Crippen molar-refractivity contribution in [1.82, 2.24) is 0 Å². The van der Waals surface area contributed by atoms with Crippen LogP contribution in [0.1, 0.15) is 12.5 Å². The van der Waals surface area contributed by atoms with Crippen molar-refractivity contribution in [3.8, 4) is 5.75 Å². The van der Waals surface area contributed by atoms with Gasteiger partial charge in [0.1, 0.15) is 0 Å². The number of benzene rings is 1. The van der Waals surface area contributed by atoms with Crippen LogP contribution in [0, 0.1) is 0 Å². The first-order valence-electron chi connectivity index (χ1n) is 4.51. The fraction of sp³-hybridized carbons (Fsp3) is 0.200. The van der Waals surface area contributed by atoms with Crippen molar-refractivity contribution in [2.75, 3.05) is 5.32 Å². The average molecular weight is 347 g/mol. The van der Waals surface area contributed by atoms with Gasteiger partial charge in [-0.1, -0.05) is 0 Å². The molecule has 0 aromatic heterocycles. The maximum atomic E-state index is 11.4. The molecule has 0 radical (unpaired) electrons. The summed E-state index contributed by atoms with van der Waals surface area (Å²) in [5, 5.41) is 2.77. The van der Waals surface area contributed by atoms with E-state index in [-0.39, 0.29) is 5.91 Å². The van der Waals surface area contributed by atoms with Gasteiger partial charge in [-0.15, -0.1) is 0 Å². The normalized spacial score (nSPS) is 19.3. The number of fused-ring (bicyclic) bond motifs is 1. The predicted molar refractivity (Wildman–Crippen MR) is 62.0 cm³/mol. The molecule has 1 aromatic carbocycles. The monoisotopic (exact) mass is 347 g/mol. The van der Waals surface area contributed by atoms with Gasteiger partial charge in [-0.2, -0.15) is 0 Å². The van der Waals surface area contributed by atoms with Crippen molar-refractivity contribution < 1.29 is 23.0 Å². The molecule has 1 atom stereocenters. The van der Waals surface area contributed by atoms with Crippen LogP contribution in [-0.2, 0) is 18.3 Å². The Kier molecular flexibility index (Phi) is 3.63. The van der Waals surface area contributed by atoms with E-state index in [1.807, 2.05) is 12.1 Å². The number of hydrogen-bond donors (Lipinski definition) is 1. The average Bonchev–Trinajstić information content (AvgIpc) is 2.20. The second kappa shape index (κ2) is 4.83. The van der Waals surface area contributed by atoms with Gasteiger partial charge in [0.2, 0.25) is 0 Å². The molecule has 0 saturated heterocycles. The summed E-state index contributed by atoms with van der Waals surface area (Å²) in [5.74, 6) is 0.505. The minimum absolute atomic E-state index is 0.143. The molecule has 3 nitrogen and oxygen atoms in total. The molecule has 1 N–H and O–H groups in total. The van der Waals surface area contributed by atoms with Crippen LogP contribution >= 0.6 is 19.4 Å². The van der Waals surface area contributed by atoms with Crippen LogP contribution in [0.5, 0.6) is 5.75 Å². The van der Waals surface area contributed by atoms with Crippen molar-refractivity contribution in [1.29, 1.82) is 0 Å². The summed E-state index contributed by atoms with van der Waals surface area (Å²) in [4.78, 5) is 11.4. The van der Waals surface area contributed by atoms with E-state index in [0.29, 0.717) is 11.4 Å². The third kappa shape index (κ3) is 2.45. The van der Waals surface area contributed by atoms with Gasteiger partial charge in [0, 0.05) is 0 Å². The molecule has 1 unspecified atom stereocenters. The summed E-state index contributed by atoms with van der Waals surface area (Å²) in [6, 6.07) is 5.49. The minimum atomic E-state index is -1.90. The van der Waals surface area contributed by atoms with Crippen molar-refractivity contribution in [3.05, 3.63) is 23.8 Å². The van der Waals surface area contributed by atoms with Crippen LogP contribution in [0.25, 0.3) is 0 Å². The molecule has 16 heavy (non-hydrogen) atoms. The number of hydrogen-bond acceptors (Lipinski definition) is 2. The first-order chi connectivity index (χ1) is 7.58. The number of anilines is 1. The van der Waals surface area contributed by atoms with Crippen LogP contribution < -0.4 is 10.1 Å². The van der Waals surface area contributed by atoms with Gasteiger partial charge in [0.05, 0.1) is 0 Å². The van der Waals surface area contributed by atoms with E-state index in [0.717, 1.165) is 5.56 Å². The van der Waals surface area contributed by atoms with Crippen LogP contribution in [0.2, 0.25) is 0 Å². The molecule has 1 aromatic rings. The molecule has 2 rings (SSSR count). The quantitative estimate of drug-likeness (QED) is 0.793. The molecule has 88 valence electrons. The Morgan fingerprint density at radius 3 is 2.94 bits per heavy atom. The SMILES string of the molecule is CC1Oc2c([CH]=[Ru]([Cl])[Cl])cccc2NC1=O. The molecule has 0 spiro atoms. The number of para-hydroxylation sites is 1. The molecule has 0 fully saturated rings. The standard InChI is InChI=1S/C10H9NO2.2ClH.Ru/c1-6-4-3-5-8-9(6)13-7(2)10(12)11-8;;;/h1,3-5,7H,2H3,(H,11,12);2*1H;/q;;;+2/p-2. The summed E-state index contributed by atoms with van der Waals surface area (Å²) in [5.41, 5.74) is 1.51. The van der Waals surface area contributed by atoms with E-state index < -0.39 is 19.6 Å². The number of halogens is 2. The van der Waals surface area contributed by atoms with Gasteiger partial charge in [0.15, 0.2) is 0 Å². The van der Waals surface area contributed by atoms with E-state index in [1.54, 1.807) is 17.6 Å². The molecule has 1 aliphatic heterocycles. The fourth-order valence-corrected chi connectivity index (χ4v) is 3.20. The third-order valence-corrected chi connectivity index (χ3v) is 3.99. The van der Waals surface area contributed by atoms with Crippen molar-refractivity contribution in [2.24, 2.45) is 0 Å². The Morgan fingerprint density at radius 1 is 1.50 bits per heavy atom. The number of carbonyl (C=O) groups excluding carboxylic acids is 1. The van der Waals surface area contributed by atoms with Crippen molar-refractivity contribution in [2.45, 2.75) is 13.0 Å². The summed E-state index contributed by atoms with van der Waals surface area (Å²) in [7, 11) is 11.7. The molecule has 6 heteroatoms. The summed E-state index contributed by atoms with van der Waals surface area (Å²) in [6.45, 7) is 1.70. The number of rotatable bonds is 1. The van der Waals surface area contributed by atoms with Crippen LogP contribution in [0.3, 0.4) is 0 Å². The topological polar surface area (TPSA) is 38.3 Å². The molecule has 1 amide bonds. The van der Waals surface area contributed by atoms with Crippen LogP contribution in [0.15, 0.2) is 18.2 Å². The number of carbonyl (C=O) groups is 1. The van der Waals surface area contributed by atoms with Gasteiger partial charge in [0.25, 0.3) is 0 Å². The Labute approximate surface area is 106 Å². The van der Waals surface area contributed by atoms with Crippen LogP contribution in [0.4, 0.5) is 5.69 Å². The Morgan fingerprint density at radius 2 is 2.25 bits per heavy atom. The third-order valence-electron chi connectivity index (χ3n) is 2.15. The van der Waals surface area contributed by atoms with E-state index >= 15 is 0 Å².